The number of hydrogen-bond acceptors (Lipinski definition) is 6. The fraction of sp³-hybridized carbons (Fsp3) is 0.611. The highest BCUT2D eigenvalue weighted by Crippen LogP contribution is 2.24. The molecule has 7 nitrogen and oxygen atoms in total. The molecule has 0 spiro atoms. The van der Waals surface area contributed by atoms with Crippen molar-refractivity contribution in [2.24, 2.45) is 0 Å². The molecule has 2 heterocycles. The molecule has 0 saturated carbocycles. The maximum absolute atomic E-state index is 12.6. The molecule has 2 unspecified atom stereocenters. The second kappa shape index (κ2) is 7.94. The number of ether oxygens (including phenoxy) is 1. The van der Waals surface area contributed by atoms with Crippen LogP contribution in [0, 0.1) is 0 Å². The second-order valence-corrected chi connectivity index (χ2v) is 9.22. The zero-order valence-electron chi connectivity index (χ0n) is 15.3. The van der Waals surface area contributed by atoms with E-state index in [1.54, 1.807) is 7.11 Å². The molecule has 2 atom stereocenters. The van der Waals surface area contributed by atoms with Gasteiger partial charge in [-0.2, -0.15) is 0 Å². The third kappa shape index (κ3) is 4.36. The fourth-order valence-electron chi connectivity index (χ4n) is 3.70. The number of carbonyl (C=O) groups excluding carboxylic acids is 1. The molecule has 2 saturated heterocycles. The maximum Gasteiger partial charge on any atom is 0.241 e. The number of hydrogen-bond donors (Lipinski definition) is 1. The Hall–Kier alpha value is -1.64. The highest BCUT2D eigenvalue weighted by molar-refractivity contribution is 7.91. The molecule has 1 aromatic rings. The van der Waals surface area contributed by atoms with Crippen molar-refractivity contribution in [1.82, 2.24) is 9.80 Å². The molecule has 8 heteroatoms. The molecule has 1 aromatic carbocycles. The molecule has 144 valence electrons. The number of para-hydroxylation sites is 2. The molecule has 0 aromatic heterocycles. The van der Waals surface area contributed by atoms with Crippen molar-refractivity contribution >= 4 is 21.4 Å². The molecule has 2 aliphatic heterocycles. The summed E-state index contributed by atoms with van der Waals surface area (Å²) in [5, 5.41) is 2.94. The van der Waals surface area contributed by atoms with Crippen LogP contribution in [-0.2, 0) is 14.6 Å². The van der Waals surface area contributed by atoms with E-state index in [2.05, 4.69) is 15.1 Å². The molecule has 2 fully saturated rings. The van der Waals surface area contributed by atoms with Crippen molar-refractivity contribution in [3.05, 3.63) is 24.3 Å². The van der Waals surface area contributed by atoms with Gasteiger partial charge in [-0.1, -0.05) is 12.1 Å². The molecular weight excluding hydrogens is 354 g/mol. The van der Waals surface area contributed by atoms with Gasteiger partial charge < -0.3 is 10.1 Å². The summed E-state index contributed by atoms with van der Waals surface area (Å²) in [4.78, 5) is 17.0. The van der Waals surface area contributed by atoms with Gasteiger partial charge in [0.15, 0.2) is 9.84 Å². The van der Waals surface area contributed by atoms with Crippen molar-refractivity contribution in [3.63, 3.8) is 0 Å². The van der Waals surface area contributed by atoms with E-state index in [0.29, 0.717) is 17.2 Å². The number of carbonyl (C=O) groups is 1. The zero-order valence-corrected chi connectivity index (χ0v) is 16.2. The maximum atomic E-state index is 12.6. The van der Waals surface area contributed by atoms with Gasteiger partial charge in [-0.15, -0.1) is 0 Å². The molecule has 1 N–H and O–H groups in total. The molecule has 0 bridgehead atoms. The molecular formula is C18H27N3O4S. The summed E-state index contributed by atoms with van der Waals surface area (Å²) in [5.74, 6) is 1.15. The van der Waals surface area contributed by atoms with Crippen LogP contribution in [0.25, 0.3) is 0 Å². The average Bonchev–Trinajstić information content (AvgIpc) is 3.01. The number of rotatable bonds is 5. The lowest BCUT2D eigenvalue weighted by Gasteiger charge is -2.39. The first-order valence-electron chi connectivity index (χ1n) is 9.02. The van der Waals surface area contributed by atoms with Crippen LogP contribution in [-0.4, -0.2) is 81.0 Å². The van der Waals surface area contributed by atoms with Gasteiger partial charge in [0, 0.05) is 32.2 Å². The van der Waals surface area contributed by atoms with Crippen molar-refractivity contribution in [1.29, 1.82) is 0 Å². The van der Waals surface area contributed by atoms with Crippen molar-refractivity contribution in [2.75, 3.05) is 50.1 Å². The summed E-state index contributed by atoms with van der Waals surface area (Å²) in [6.07, 6.45) is 0.728. The predicted octanol–water partition coefficient (Wildman–Crippen LogP) is 0.827. The van der Waals surface area contributed by atoms with E-state index >= 15 is 0 Å². The van der Waals surface area contributed by atoms with Crippen LogP contribution in [0.4, 0.5) is 5.69 Å². The normalized spacial score (nSPS) is 24.9. The number of methoxy groups -OCH3 is 1. The van der Waals surface area contributed by atoms with Gasteiger partial charge in [-0.3, -0.25) is 14.6 Å². The number of benzene rings is 1. The summed E-state index contributed by atoms with van der Waals surface area (Å²) >= 11 is 0. The first kappa shape index (κ1) is 19.1. The Morgan fingerprint density at radius 1 is 1.23 bits per heavy atom. The third-order valence-corrected chi connectivity index (χ3v) is 7.12. The van der Waals surface area contributed by atoms with Crippen LogP contribution in [0.1, 0.15) is 13.3 Å². The Morgan fingerprint density at radius 3 is 2.54 bits per heavy atom. The molecule has 3 rings (SSSR count). The highest BCUT2D eigenvalue weighted by Gasteiger charge is 2.35. The summed E-state index contributed by atoms with van der Waals surface area (Å²) in [6.45, 7) is 5.02. The van der Waals surface area contributed by atoms with Gasteiger partial charge in [0.1, 0.15) is 5.75 Å². The van der Waals surface area contributed by atoms with Crippen LogP contribution in [0.2, 0.25) is 0 Å². The summed E-state index contributed by atoms with van der Waals surface area (Å²) in [6, 6.07) is 7.24. The van der Waals surface area contributed by atoms with Crippen LogP contribution in [0.3, 0.4) is 0 Å². The second-order valence-electron chi connectivity index (χ2n) is 6.99. The van der Waals surface area contributed by atoms with Crippen LogP contribution < -0.4 is 10.1 Å². The SMILES string of the molecule is COc1ccccc1NC(=O)C(C)N1CCN(C2CCS(=O)(=O)C2)CC1. The summed E-state index contributed by atoms with van der Waals surface area (Å²) in [7, 11) is -1.28. The van der Waals surface area contributed by atoms with Crippen molar-refractivity contribution in [2.45, 2.75) is 25.4 Å². The lowest BCUT2D eigenvalue weighted by Crippen LogP contribution is -2.55. The average molecular weight is 381 g/mol. The smallest absolute Gasteiger partial charge is 0.241 e. The van der Waals surface area contributed by atoms with E-state index in [1.807, 2.05) is 31.2 Å². The van der Waals surface area contributed by atoms with Gasteiger partial charge in [0.25, 0.3) is 0 Å². The quantitative estimate of drug-likeness (QED) is 0.814. The van der Waals surface area contributed by atoms with E-state index in [9.17, 15) is 13.2 Å². The molecule has 26 heavy (non-hydrogen) atoms. The van der Waals surface area contributed by atoms with Crippen molar-refractivity contribution < 1.29 is 17.9 Å². The lowest BCUT2D eigenvalue weighted by molar-refractivity contribution is -0.121. The Kier molecular flexibility index (Phi) is 5.84. The van der Waals surface area contributed by atoms with Crippen molar-refractivity contribution in [3.8, 4) is 5.75 Å². The van der Waals surface area contributed by atoms with Crippen LogP contribution >= 0.6 is 0 Å². The Balaban J connectivity index is 1.53. The predicted molar refractivity (Wildman–Crippen MR) is 101 cm³/mol. The minimum atomic E-state index is -2.86. The largest absolute Gasteiger partial charge is 0.495 e. The topological polar surface area (TPSA) is 79.0 Å². The Labute approximate surface area is 155 Å². The van der Waals surface area contributed by atoms with Gasteiger partial charge in [0.2, 0.25) is 5.91 Å². The van der Waals surface area contributed by atoms with Crippen LogP contribution in [0.15, 0.2) is 24.3 Å². The van der Waals surface area contributed by atoms with Gasteiger partial charge in [0.05, 0.1) is 30.3 Å². The monoisotopic (exact) mass is 381 g/mol. The first-order valence-corrected chi connectivity index (χ1v) is 10.8. The zero-order chi connectivity index (χ0) is 18.7. The number of nitrogens with zero attached hydrogens (tertiary/aromatic N) is 2. The Bertz CT molecular complexity index is 745. The lowest BCUT2D eigenvalue weighted by atomic mass is 10.1. The highest BCUT2D eigenvalue weighted by atomic mass is 32.2. The summed E-state index contributed by atoms with van der Waals surface area (Å²) < 4.78 is 28.6. The van der Waals surface area contributed by atoms with Gasteiger partial charge in [-0.25, -0.2) is 8.42 Å². The fourth-order valence-corrected chi connectivity index (χ4v) is 5.47. The molecule has 0 aliphatic carbocycles. The number of sulfone groups is 1. The number of amides is 1. The van der Waals surface area contributed by atoms with E-state index in [0.717, 1.165) is 32.6 Å². The summed E-state index contributed by atoms with van der Waals surface area (Å²) in [5.41, 5.74) is 0.668. The van der Waals surface area contributed by atoms with E-state index < -0.39 is 9.84 Å². The first-order chi connectivity index (χ1) is 12.4. The molecule has 1 amide bonds. The minimum absolute atomic E-state index is 0.0635. The number of anilines is 1. The third-order valence-electron chi connectivity index (χ3n) is 5.37. The van der Waals surface area contributed by atoms with E-state index in [1.165, 1.54) is 0 Å². The minimum Gasteiger partial charge on any atom is -0.495 e. The standard InChI is InChI=1S/C18H27N3O4S/c1-14(18(22)19-16-5-3-4-6-17(16)25-2)20-8-10-21(11-9-20)15-7-12-26(23,24)13-15/h3-6,14-15H,7-13H2,1-2H3,(H,19,22). The number of piperazine rings is 1. The molecule has 0 radical (unpaired) electrons. The van der Waals surface area contributed by atoms with E-state index in [-0.39, 0.29) is 23.7 Å². The van der Waals surface area contributed by atoms with Crippen LogP contribution in [0.5, 0.6) is 5.75 Å². The van der Waals surface area contributed by atoms with E-state index in [4.69, 9.17) is 4.74 Å². The van der Waals surface area contributed by atoms with Gasteiger partial charge >= 0.3 is 0 Å². The molecule has 2 aliphatic rings. The Morgan fingerprint density at radius 2 is 1.92 bits per heavy atom. The number of nitrogens with one attached hydrogen (secondary N) is 1. The van der Waals surface area contributed by atoms with Gasteiger partial charge in [-0.05, 0) is 25.5 Å².